The molecule has 0 spiro atoms. The van der Waals surface area contributed by atoms with Gasteiger partial charge in [-0.1, -0.05) is 0 Å². The lowest BCUT2D eigenvalue weighted by Crippen LogP contribution is -2.32. The van der Waals surface area contributed by atoms with Gasteiger partial charge in [-0.2, -0.15) is 23.5 Å². The Bertz CT molecular complexity index is 770. The highest BCUT2D eigenvalue weighted by Crippen LogP contribution is 2.37. The van der Waals surface area contributed by atoms with Crippen LogP contribution in [0, 0.1) is 11.3 Å². The maximum atomic E-state index is 13.4. The fourth-order valence-corrected chi connectivity index (χ4v) is 2.96. The molecule has 1 aromatic heterocycles. The third-order valence-corrected chi connectivity index (χ3v) is 4.15. The summed E-state index contributed by atoms with van der Waals surface area (Å²) in [5.74, 6) is 0.722. The zero-order valence-corrected chi connectivity index (χ0v) is 13.4. The van der Waals surface area contributed by atoms with Crippen molar-refractivity contribution in [3.63, 3.8) is 0 Å². The van der Waals surface area contributed by atoms with E-state index in [1.165, 1.54) is 12.1 Å². The van der Waals surface area contributed by atoms with Crippen LogP contribution < -0.4 is 9.80 Å². The Hall–Kier alpha value is -2.82. The molecule has 1 aliphatic heterocycles. The molecule has 1 fully saturated rings. The second-order valence-corrected chi connectivity index (χ2v) is 5.75. The number of hydrogen-bond donors (Lipinski definition) is 0. The summed E-state index contributed by atoms with van der Waals surface area (Å²) in [5.41, 5.74) is -0.640. The molecular weight excluding hydrogens is 331 g/mol. The van der Waals surface area contributed by atoms with Gasteiger partial charge in [0.25, 0.3) is 0 Å². The quantitative estimate of drug-likeness (QED) is 0.836. The lowest BCUT2D eigenvalue weighted by molar-refractivity contribution is -0.137. The summed E-state index contributed by atoms with van der Waals surface area (Å²) in [6.07, 6.45) is -2.22. The first-order valence-electron chi connectivity index (χ1n) is 7.88. The Balaban J connectivity index is 1.85. The summed E-state index contributed by atoms with van der Waals surface area (Å²) < 4.78 is 40.2. The van der Waals surface area contributed by atoms with Crippen LogP contribution in [-0.4, -0.2) is 36.4 Å². The van der Waals surface area contributed by atoms with Gasteiger partial charge in [-0.15, -0.1) is 5.10 Å². The zero-order valence-electron chi connectivity index (χ0n) is 13.4. The topological polar surface area (TPSA) is 56.1 Å². The molecule has 0 aliphatic carbocycles. The Morgan fingerprint density at radius 1 is 1.04 bits per heavy atom. The van der Waals surface area contributed by atoms with Crippen molar-refractivity contribution < 1.29 is 13.2 Å². The summed E-state index contributed by atoms with van der Waals surface area (Å²) >= 11 is 0. The largest absolute Gasteiger partial charge is 0.418 e. The van der Waals surface area contributed by atoms with E-state index >= 15 is 0 Å². The van der Waals surface area contributed by atoms with Gasteiger partial charge in [-0.05, 0) is 36.8 Å². The molecule has 0 atom stereocenters. The van der Waals surface area contributed by atoms with E-state index in [0.29, 0.717) is 32.6 Å². The van der Waals surface area contributed by atoms with Crippen LogP contribution in [0.2, 0.25) is 0 Å². The molecule has 0 unspecified atom stereocenters. The van der Waals surface area contributed by atoms with Crippen molar-refractivity contribution in [2.75, 3.05) is 36.0 Å². The number of alkyl halides is 3. The predicted octanol–water partition coefficient (Wildman–Crippen LogP) is 3.08. The average Bonchev–Trinajstić information content (AvgIpc) is 2.87. The molecule has 1 aliphatic rings. The molecule has 0 amide bonds. The highest BCUT2D eigenvalue weighted by Gasteiger charge is 2.35. The van der Waals surface area contributed by atoms with E-state index in [1.807, 2.05) is 11.0 Å². The van der Waals surface area contributed by atoms with Crippen LogP contribution in [0.1, 0.15) is 17.5 Å². The number of benzene rings is 1. The van der Waals surface area contributed by atoms with Crippen LogP contribution in [0.25, 0.3) is 0 Å². The van der Waals surface area contributed by atoms with E-state index in [9.17, 15) is 13.2 Å². The van der Waals surface area contributed by atoms with Crippen molar-refractivity contribution in [1.82, 2.24) is 10.2 Å². The molecule has 130 valence electrons. The van der Waals surface area contributed by atoms with Crippen LogP contribution in [-0.2, 0) is 6.18 Å². The van der Waals surface area contributed by atoms with Crippen molar-refractivity contribution >= 4 is 11.5 Å². The van der Waals surface area contributed by atoms with Gasteiger partial charge >= 0.3 is 6.18 Å². The number of rotatable bonds is 2. The second kappa shape index (κ2) is 6.97. The Kier molecular flexibility index (Phi) is 4.74. The molecule has 1 aromatic carbocycles. The summed E-state index contributed by atoms with van der Waals surface area (Å²) in [6, 6.07) is 9.12. The predicted molar refractivity (Wildman–Crippen MR) is 87.2 cm³/mol. The van der Waals surface area contributed by atoms with Gasteiger partial charge in [-0.25, -0.2) is 0 Å². The minimum atomic E-state index is -4.50. The molecule has 2 aromatic rings. The van der Waals surface area contributed by atoms with Crippen molar-refractivity contribution in [2.24, 2.45) is 0 Å². The van der Waals surface area contributed by atoms with Gasteiger partial charge in [0, 0.05) is 38.1 Å². The molecule has 1 saturated heterocycles. The van der Waals surface area contributed by atoms with Crippen LogP contribution in [0.15, 0.2) is 36.5 Å². The number of aromatic nitrogens is 2. The first-order chi connectivity index (χ1) is 12.0. The Labute approximate surface area is 143 Å². The van der Waals surface area contributed by atoms with Gasteiger partial charge in [0.2, 0.25) is 0 Å². The summed E-state index contributed by atoms with van der Waals surface area (Å²) in [6.45, 7) is 2.19. The highest BCUT2D eigenvalue weighted by atomic mass is 19.4. The number of anilines is 2. The summed E-state index contributed by atoms with van der Waals surface area (Å²) in [5, 5.41) is 16.8. The number of nitrogens with zero attached hydrogens (tertiary/aromatic N) is 5. The van der Waals surface area contributed by atoms with Crippen LogP contribution in [0.4, 0.5) is 24.7 Å². The molecule has 0 saturated carbocycles. The third-order valence-electron chi connectivity index (χ3n) is 4.15. The number of nitriles is 1. The van der Waals surface area contributed by atoms with Crippen LogP contribution in [0.3, 0.4) is 0 Å². The van der Waals surface area contributed by atoms with Crippen molar-refractivity contribution in [2.45, 2.75) is 12.6 Å². The third kappa shape index (κ3) is 3.82. The van der Waals surface area contributed by atoms with E-state index in [0.717, 1.165) is 11.9 Å². The molecular formula is C17H16F3N5. The maximum absolute atomic E-state index is 13.4. The minimum Gasteiger partial charge on any atom is -0.369 e. The molecule has 0 bridgehead atoms. The van der Waals surface area contributed by atoms with Crippen LogP contribution >= 0.6 is 0 Å². The molecule has 8 heteroatoms. The fraction of sp³-hybridized carbons (Fsp3) is 0.353. The van der Waals surface area contributed by atoms with E-state index in [1.54, 1.807) is 23.2 Å². The molecule has 0 N–H and O–H groups in total. The molecule has 3 rings (SSSR count). The number of hydrogen-bond acceptors (Lipinski definition) is 5. The molecule has 2 heterocycles. The van der Waals surface area contributed by atoms with E-state index < -0.39 is 11.7 Å². The molecule has 5 nitrogen and oxygen atoms in total. The lowest BCUT2D eigenvalue weighted by atomic mass is 10.1. The average molecular weight is 347 g/mol. The first-order valence-corrected chi connectivity index (χ1v) is 7.88. The van der Waals surface area contributed by atoms with E-state index in [4.69, 9.17) is 5.26 Å². The van der Waals surface area contributed by atoms with E-state index in [-0.39, 0.29) is 11.3 Å². The maximum Gasteiger partial charge on any atom is 0.418 e. The van der Waals surface area contributed by atoms with Gasteiger partial charge in [0.15, 0.2) is 5.82 Å². The normalized spacial score (nSPS) is 15.6. The Morgan fingerprint density at radius 2 is 1.80 bits per heavy atom. The van der Waals surface area contributed by atoms with E-state index in [2.05, 4.69) is 10.2 Å². The number of halogens is 3. The van der Waals surface area contributed by atoms with Crippen molar-refractivity contribution in [3.05, 3.63) is 47.7 Å². The summed E-state index contributed by atoms with van der Waals surface area (Å²) in [4.78, 5) is 3.74. The van der Waals surface area contributed by atoms with Crippen LogP contribution in [0.5, 0.6) is 0 Å². The van der Waals surface area contributed by atoms with Gasteiger partial charge in [0.05, 0.1) is 17.2 Å². The zero-order chi connectivity index (χ0) is 17.9. The van der Waals surface area contributed by atoms with Gasteiger partial charge < -0.3 is 9.80 Å². The first kappa shape index (κ1) is 17.0. The van der Waals surface area contributed by atoms with Gasteiger partial charge in [0.1, 0.15) is 0 Å². The summed E-state index contributed by atoms with van der Waals surface area (Å²) in [7, 11) is 0. The standard InChI is InChI=1S/C17H16F3N5/c18-17(19,20)14-11-13(12-21)4-5-15(14)24-7-2-8-25(10-9-24)16-3-1-6-22-23-16/h1,3-6,11H,2,7-10H2. The second-order valence-electron chi connectivity index (χ2n) is 5.75. The smallest absolute Gasteiger partial charge is 0.369 e. The minimum absolute atomic E-state index is 0.00656. The van der Waals surface area contributed by atoms with Gasteiger partial charge in [-0.3, -0.25) is 0 Å². The van der Waals surface area contributed by atoms with Crippen molar-refractivity contribution in [3.8, 4) is 6.07 Å². The fourth-order valence-electron chi connectivity index (χ4n) is 2.96. The monoisotopic (exact) mass is 347 g/mol. The molecule has 25 heavy (non-hydrogen) atoms. The van der Waals surface area contributed by atoms with Crippen molar-refractivity contribution in [1.29, 1.82) is 5.26 Å². The molecule has 0 radical (unpaired) electrons. The SMILES string of the molecule is N#Cc1ccc(N2CCCN(c3cccnn3)CC2)c(C(F)(F)F)c1. The lowest BCUT2D eigenvalue weighted by Gasteiger charge is -2.27. The Morgan fingerprint density at radius 3 is 2.48 bits per heavy atom. The highest BCUT2D eigenvalue weighted by molar-refractivity contribution is 5.58.